The van der Waals surface area contributed by atoms with Gasteiger partial charge in [0.2, 0.25) is 0 Å². The number of hydrogen-bond acceptors (Lipinski definition) is 2. The molecule has 0 heterocycles. The van der Waals surface area contributed by atoms with Gasteiger partial charge in [-0.15, -0.1) is 0 Å². The molecule has 78 valence electrons. The van der Waals surface area contributed by atoms with Gasteiger partial charge in [0.15, 0.2) is 11.6 Å². The second kappa shape index (κ2) is 4.43. The lowest BCUT2D eigenvalue weighted by atomic mass is 10.1. The predicted octanol–water partition coefficient (Wildman–Crippen LogP) is 1.78. The van der Waals surface area contributed by atoms with E-state index < -0.39 is 23.6 Å². The summed E-state index contributed by atoms with van der Waals surface area (Å²) in [7, 11) is 1.31. The first-order valence-corrected chi connectivity index (χ1v) is 3.87. The molecule has 14 heavy (non-hydrogen) atoms. The number of aliphatic hydroxyl groups excluding tert-OH is 1. The van der Waals surface area contributed by atoms with Gasteiger partial charge in [0.05, 0.1) is 6.61 Å². The molecule has 1 aromatic carbocycles. The fourth-order valence-electron chi connectivity index (χ4n) is 1.04. The van der Waals surface area contributed by atoms with Crippen molar-refractivity contribution in [2.75, 3.05) is 13.7 Å². The highest BCUT2D eigenvalue weighted by Gasteiger charge is 2.16. The first-order valence-electron chi connectivity index (χ1n) is 3.87. The van der Waals surface area contributed by atoms with Crippen molar-refractivity contribution >= 4 is 0 Å². The number of rotatable bonds is 3. The number of aliphatic hydroxyl groups is 1. The first kappa shape index (κ1) is 11.0. The van der Waals surface area contributed by atoms with E-state index in [1.54, 1.807) is 0 Å². The van der Waals surface area contributed by atoms with E-state index in [-0.39, 0.29) is 12.2 Å². The number of halogens is 3. The molecule has 0 spiro atoms. The van der Waals surface area contributed by atoms with Crippen molar-refractivity contribution in [2.24, 2.45) is 0 Å². The standard InChI is InChI=1S/C9H9F3O2/c1-14-4-9(13)5-2-7(11)8(12)3-6(5)10/h2-3,9,13H,4H2,1H3. The van der Waals surface area contributed by atoms with E-state index in [2.05, 4.69) is 4.74 Å². The number of ether oxygens (including phenoxy) is 1. The van der Waals surface area contributed by atoms with Gasteiger partial charge in [-0.05, 0) is 6.07 Å². The van der Waals surface area contributed by atoms with Gasteiger partial charge in [-0.25, -0.2) is 13.2 Å². The van der Waals surface area contributed by atoms with Gasteiger partial charge >= 0.3 is 0 Å². The Labute approximate surface area is 78.9 Å². The van der Waals surface area contributed by atoms with Crippen LogP contribution in [0.25, 0.3) is 0 Å². The molecule has 0 bridgehead atoms. The predicted molar refractivity (Wildman–Crippen MR) is 43.2 cm³/mol. The molecule has 1 N–H and O–H groups in total. The van der Waals surface area contributed by atoms with Crippen molar-refractivity contribution in [3.05, 3.63) is 35.1 Å². The van der Waals surface area contributed by atoms with Gasteiger partial charge in [-0.3, -0.25) is 0 Å². The van der Waals surface area contributed by atoms with Crippen LogP contribution < -0.4 is 0 Å². The van der Waals surface area contributed by atoms with Gasteiger partial charge in [0, 0.05) is 18.7 Å². The molecule has 1 rings (SSSR count). The van der Waals surface area contributed by atoms with Gasteiger partial charge < -0.3 is 9.84 Å². The number of hydrogen-bond donors (Lipinski definition) is 1. The van der Waals surface area contributed by atoms with Crippen LogP contribution in [0.2, 0.25) is 0 Å². The van der Waals surface area contributed by atoms with Crippen LogP contribution in [0, 0.1) is 17.5 Å². The maximum Gasteiger partial charge on any atom is 0.161 e. The van der Waals surface area contributed by atoms with Crippen molar-refractivity contribution in [1.82, 2.24) is 0 Å². The summed E-state index contributed by atoms with van der Waals surface area (Å²) >= 11 is 0. The van der Waals surface area contributed by atoms with E-state index >= 15 is 0 Å². The zero-order valence-electron chi connectivity index (χ0n) is 7.43. The zero-order valence-corrected chi connectivity index (χ0v) is 7.43. The van der Waals surface area contributed by atoms with Gasteiger partial charge in [0.25, 0.3) is 0 Å². The molecule has 0 fully saturated rings. The molecule has 2 nitrogen and oxygen atoms in total. The lowest BCUT2D eigenvalue weighted by Gasteiger charge is -2.10. The monoisotopic (exact) mass is 206 g/mol. The van der Waals surface area contributed by atoms with Crippen LogP contribution in [0.3, 0.4) is 0 Å². The summed E-state index contributed by atoms with van der Waals surface area (Å²) < 4.78 is 42.7. The highest BCUT2D eigenvalue weighted by Crippen LogP contribution is 2.20. The minimum Gasteiger partial charge on any atom is -0.386 e. The Balaban J connectivity index is 3.02. The minimum absolute atomic E-state index is 0.179. The Hall–Kier alpha value is -1.07. The molecule has 1 aromatic rings. The second-order valence-electron chi connectivity index (χ2n) is 2.76. The van der Waals surface area contributed by atoms with Crippen LogP contribution in [0.15, 0.2) is 12.1 Å². The molecule has 0 saturated carbocycles. The van der Waals surface area contributed by atoms with Gasteiger partial charge in [-0.1, -0.05) is 0 Å². The summed E-state index contributed by atoms with van der Waals surface area (Å²) in [5.74, 6) is -3.47. The highest BCUT2D eigenvalue weighted by molar-refractivity contribution is 5.22. The molecular weight excluding hydrogens is 197 g/mol. The van der Waals surface area contributed by atoms with Crippen LogP contribution >= 0.6 is 0 Å². The smallest absolute Gasteiger partial charge is 0.161 e. The summed E-state index contributed by atoms with van der Waals surface area (Å²) in [6, 6.07) is 1.01. The van der Waals surface area contributed by atoms with Gasteiger partial charge in [0.1, 0.15) is 11.9 Å². The topological polar surface area (TPSA) is 29.5 Å². The molecule has 0 aromatic heterocycles. The third-order valence-electron chi connectivity index (χ3n) is 1.72. The summed E-state index contributed by atoms with van der Waals surface area (Å²) in [4.78, 5) is 0. The SMILES string of the molecule is COCC(O)c1cc(F)c(F)cc1F. The lowest BCUT2D eigenvalue weighted by Crippen LogP contribution is -2.08. The Morgan fingerprint density at radius 2 is 1.79 bits per heavy atom. The summed E-state index contributed by atoms with van der Waals surface area (Å²) in [6.07, 6.45) is -1.30. The van der Waals surface area contributed by atoms with E-state index in [0.29, 0.717) is 12.1 Å². The van der Waals surface area contributed by atoms with E-state index in [1.807, 2.05) is 0 Å². The van der Waals surface area contributed by atoms with E-state index in [4.69, 9.17) is 0 Å². The fraction of sp³-hybridized carbons (Fsp3) is 0.333. The zero-order chi connectivity index (χ0) is 10.7. The second-order valence-corrected chi connectivity index (χ2v) is 2.76. The average Bonchev–Trinajstić information content (AvgIpc) is 2.11. The Morgan fingerprint density at radius 1 is 1.21 bits per heavy atom. The van der Waals surface area contributed by atoms with Crippen molar-refractivity contribution in [1.29, 1.82) is 0 Å². The van der Waals surface area contributed by atoms with Crippen LogP contribution in [-0.2, 0) is 4.74 Å². The fourth-order valence-corrected chi connectivity index (χ4v) is 1.04. The number of benzene rings is 1. The molecule has 0 aliphatic heterocycles. The molecule has 0 saturated heterocycles. The van der Waals surface area contributed by atoms with E-state index in [0.717, 1.165) is 0 Å². The third-order valence-corrected chi connectivity index (χ3v) is 1.72. The quantitative estimate of drug-likeness (QED) is 0.764. The first-order chi connectivity index (χ1) is 6.56. The van der Waals surface area contributed by atoms with Crippen LogP contribution in [0.4, 0.5) is 13.2 Å². The Kier molecular flexibility index (Phi) is 3.49. The van der Waals surface area contributed by atoms with E-state index in [9.17, 15) is 18.3 Å². The summed E-state index contributed by atoms with van der Waals surface area (Å²) in [5, 5.41) is 9.26. The normalized spacial score (nSPS) is 12.9. The molecule has 0 amide bonds. The minimum atomic E-state index is -1.30. The molecule has 1 unspecified atom stereocenters. The van der Waals surface area contributed by atoms with E-state index in [1.165, 1.54) is 7.11 Å². The Bertz CT molecular complexity index is 328. The molecule has 1 atom stereocenters. The highest BCUT2D eigenvalue weighted by atomic mass is 19.2. The summed E-state index contributed by atoms with van der Waals surface area (Å²) in [6.45, 7) is -0.179. The molecule has 0 aliphatic carbocycles. The largest absolute Gasteiger partial charge is 0.386 e. The van der Waals surface area contributed by atoms with Crippen LogP contribution in [-0.4, -0.2) is 18.8 Å². The molecule has 5 heteroatoms. The number of methoxy groups -OCH3 is 1. The molecule has 0 radical (unpaired) electrons. The van der Waals surface area contributed by atoms with Crippen molar-refractivity contribution in [3.63, 3.8) is 0 Å². The molecular formula is C9H9F3O2. The van der Waals surface area contributed by atoms with Crippen LogP contribution in [0.1, 0.15) is 11.7 Å². The van der Waals surface area contributed by atoms with Crippen LogP contribution in [0.5, 0.6) is 0 Å². The average molecular weight is 206 g/mol. The summed E-state index contributed by atoms with van der Waals surface area (Å²) in [5.41, 5.74) is -0.314. The lowest BCUT2D eigenvalue weighted by molar-refractivity contribution is 0.0618. The molecule has 0 aliphatic rings. The van der Waals surface area contributed by atoms with Crippen molar-refractivity contribution in [3.8, 4) is 0 Å². The maximum atomic E-state index is 13.0. The Morgan fingerprint density at radius 3 is 2.36 bits per heavy atom. The van der Waals surface area contributed by atoms with Crippen molar-refractivity contribution < 1.29 is 23.0 Å². The van der Waals surface area contributed by atoms with Crippen molar-refractivity contribution in [2.45, 2.75) is 6.10 Å². The van der Waals surface area contributed by atoms with Gasteiger partial charge in [-0.2, -0.15) is 0 Å². The maximum absolute atomic E-state index is 13.0. The third kappa shape index (κ3) is 2.24.